The van der Waals surface area contributed by atoms with Crippen molar-refractivity contribution in [3.8, 4) is 0 Å². The van der Waals surface area contributed by atoms with Gasteiger partial charge in [-0.1, -0.05) is 37.3 Å². The van der Waals surface area contributed by atoms with Gasteiger partial charge < -0.3 is 10.5 Å². The van der Waals surface area contributed by atoms with E-state index in [9.17, 15) is 0 Å². The van der Waals surface area contributed by atoms with E-state index in [4.69, 9.17) is 22.7 Å². The molecule has 1 aromatic rings. The normalized spacial score (nSPS) is 12.1. The summed E-state index contributed by atoms with van der Waals surface area (Å²) in [6.45, 7) is 2.70. The maximum Gasteiger partial charge on any atom is 0.176 e. The Hall–Kier alpha value is -0.930. The van der Waals surface area contributed by atoms with Gasteiger partial charge in [0.15, 0.2) is 5.05 Å². The van der Waals surface area contributed by atoms with Crippen molar-refractivity contribution in [2.45, 2.75) is 25.8 Å². The third-order valence-corrected chi connectivity index (χ3v) is 2.47. The molecule has 0 aliphatic carbocycles. The highest BCUT2D eigenvalue weighted by Gasteiger charge is 2.10. The fourth-order valence-electron chi connectivity index (χ4n) is 1.26. The molecule has 3 heteroatoms. The van der Waals surface area contributed by atoms with Gasteiger partial charge in [-0.15, -0.1) is 0 Å². The number of hydrogen-bond donors (Lipinski definition) is 1. The van der Waals surface area contributed by atoms with Crippen LogP contribution in [-0.4, -0.2) is 17.7 Å². The van der Waals surface area contributed by atoms with E-state index in [1.54, 1.807) is 0 Å². The first-order chi connectivity index (χ1) is 7.24. The molecule has 15 heavy (non-hydrogen) atoms. The first-order valence-electron chi connectivity index (χ1n) is 5.20. The molecule has 0 saturated heterocycles. The second-order valence-electron chi connectivity index (χ2n) is 3.46. The monoisotopic (exact) mass is 223 g/mol. The van der Waals surface area contributed by atoms with Crippen molar-refractivity contribution >= 4 is 17.3 Å². The molecule has 0 fully saturated rings. The number of hydrogen-bond acceptors (Lipinski definition) is 3. The molecule has 0 aliphatic heterocycles. The zero-order chi connectivity index (χ0) is 11.1. The van der Waals surface area contributed by atoms with E-state index in [0.717, 1.165) is 12.8 Å². The van der Waals surface area contributed by atoms with E-state index >= 15 is 0 Å². The number of benzene rings is 1. The molecule has 2 N–H and O–H groups in total. The summed E-state index contributed by atoms with van der Waals surface area (Å²) in [5.74, 6) is 0. The van der Waals surface area contributed by atoms with E-state index in [2.05, 4.69) is 0 Å². The zero-order valence-corrected chi connectivity index (χ0v) is 9.80. The Bertz CT molecular complexity index is 300. The first kappa shape index (κ1) is 12.1. The van der Waals surface area contributed by atoms with E-state index in [1.165, 1.54) is 5.56 Å². The summed E-state index contributed by atoms with van der Waals surface area (Å²) >= 11 is 5.09. The van der Waals surface area contributed by atoms with Gasteiger partial charge in [0, 0.05) is 0 Å². The Kier molecular flexibility index (Phi) is 5.29. The Morgan fingerprint density at radius 1 is 1.40 bits per heavy atom. The molecular formula is C12H17NOS. The summed E-state index contributed by atoms with van der Waals surface area (Å²) in [5.41, 5.74) is 7.11. The van der Waals surface area contributed by atoms with Gasteiger partial charge in [0.25, 0.3) is 0 Å². The number of rotatable bonds is 5. The van der Waals surface area contributed by atoms with Gasteiger partial charge in [-0.05, 0) is 30.6 Å². The lowest BCUT2D eigenvalue weighted by atomic mass is 10.1. The van der Waals surface area contributed by atoms with Crippen molar-refractivity contribution in [3.05, 3.63) is 35.9 Å². The number of nitrogens with two attached hydrogens (primary N) is 1. The highest BCUT2D eigenvalue weighted by atomic mass is 32.1. The largest absolute Gasteiger partial charge is 0.485 e. The molecule has 0 saturated carbocycles. The third kappa shape index (κ3) is 4.40. The van der Waals surface area contributed by atoms with E-state index < -0.39 is 0 Å². The van der Waals surface area contributed by atoms with Crippen LogP contribution in [0.2, 0.25) is 0 Å². The molecule has 0 aliphatic rings. The van der Waals surface area contributed by atoms with Gasteiger partial charge in [0.2, 0.25) is 0 Å². The van der Waals surface area contributed by atoms with Crippen LogP contribution in [0.15, 0.2) is 30.3 Å². The maximum atomic E-state index is 5.92. The highest BCUT2D eigenvalue weighted by Crippen LogP contribution is 2.04. The summed E-state index contributed by atoms with van der Waals surface area (Å²) in [6, 6.07) is 9.88. The average molecular weight is 223 g/mol. The van der Waals surface area contributed by atoms with Crippen molar-refractivity contribution < 1.29 is 4.74 Å². The first-order valence-corrected chi connectivity index (χ1v) is 5.61. The Balaban J connectivity index is 2.41. The van der Waals surface area contributed by atoms with Gasteiger partial charge >= 0.3 is 0 Å². The number of thiocarbonyl (C=S) groups is 1. The molecule has 1 aromatic carbocycles. The quantitative estimate of drug-likeness (QED) is 0.778. The summed E-state index contributed by atoms with van der Waals surface area (Å²) in [6.07, 6.45) is 1.70. The molecule has 82 valence electrons. The molecule has 0 bridgehead atoms. The van der Waals surface area contributed by atoms with Crippen molar-refractivity contribution in [1.29, 1.82) is 0 Å². The molecule has 0 spiro atoms. The topological polar surface area (TPSA) is 35.2 Å². The predicted molar refractivity (Wildman–Crippen MR) is 67.0 cm³/mol. The minimum atomic E-state index is -0.186. The second-order valence-corrected chi connectivity index (χ2v) is 3.87. The molecule has 2 nitrogen and oxygen atoms in total. The summed E-state index contributed by atoms with van der Waals surface area (Å²) in [7, 11) is 0. The second kappa shape index (κ2) is 6.53. The summed E-state index contributed by atoms with van der Waals surface area (Å²) in [5, 5.41) is 0.515. The van der Waals surface area contributed by atoms with Crippen LogP contribution in [0.3, 0.4) is 0 Å². The number of ether oxygens (including phenoxy) is 1. The van der Waals surface area contributed by atoms with Crippen LogP contribution in [0, 0.1) is 0 Å². The molecule has 1 atom stereocenters. The van der Waals surface area contributed by atoms with Crippen LogP contribution >= 0.6 is 12.2 Å². The van der Waals surface area contributed by atoms with E-state index in [1.807, 2.05) is 37.3 Å². The SMILES string of the molecule is CCCOC(=S)C(N)Cc1ccccc1. The smallest absolute Gasteiger partial charge is 0.176 e. The highest BCUT2D eigenvalue weighted by molar-refractivity contribution is 7.80. The average Bonchev–Trinajstić information content (AvgIpc) is 2.27. The van der Waals surface area contributed by atoms with Crippen LogP contribution in [0.25, 0.3) is 0 Å². The van der Waals surface area contributed by atoms with Gasteiger partial charge in [0.05, 0.1) is 12.6 Å². The molecule has 0 heterocycles. The van der Waals surface area contributed by atoms with Crippen molar-refractivity contribution in [3.63, 3.8) is 0 Å². The van der Waals surface area contributed by atoms with E-state index in [0.29, 0.717) is 11.7 Å². The minimum Gasteiger partial charge on any atom is -0.485 e. The predicted octanol–water partition coefficient (Wildman–Crippen LogP) is 2.31. The fourth-order valence-corrected chi connectivity index (χ4v) is 1.43. The molecule has 1 unspecified atom stereocenters. The molecule has 0 radical (unpaired) electrons. The Labute approximate surface area is 96.4 Å². The molecule has 0 aromatic heterocycles. The minimum absolute atomic E-state index is 0.186. The zero-order valence-electron chi connectivity index (χ0n) is 8.98. The standard InChI is InChI=1S/C12H17NOS/c1-2-8-14-12(15)11(13)9-10-6-4-3-5-7-10/h3-7,11H,2,8-9,13H2,1H3. The third-order valence-electron chi connectivity index (χ3n) is 2.05. The Morgan fingerprint density at radius 2 is 2.07 bits per heavy atom. The molecule has 0 amide bonds. The van der Waals surface area contributed by atoms with Crippen molar-refractivity contribution in [1.82, 2.24) is 0 Å². The lowest BCUT2D eigenvalue weighted by Gasteiger charge is -2.13. The van der Waals surface area contributed by atoms with Crippen LogP contribution in [0.1, 0.15) is 18.9 Å². The lowest BCUT2D eigenvalue weighted by Crippen LogP contribution is -2.33. The molecular weight excluding hydrogens is 206 g/mol. The lowest BCUT2D eigenvalue weighted by molar-refractivity contribution is 0.299. The van der Waals surface area contributed by atoms with Gasteiger partial charge in [-0.3, -0.25) is 0 Å². The maximum absolute atomic E-state index is 5.92. The van der Waals surface area contributed by atoms with E-state index in [-0.39, 0.29) is 6.04 Å². The summed E-state index contributed by atoms with van der Waals surface area (Å²) in [4.78, 5) is 0. The van der Waals surface area contributed by atoms with Crippen molar-refractivity contribution in [2.24, 2.45) is 5.73 Å². The van der Waals surface area contributed by atoms with Gasteiger partial charge in [-0.25, -0.2) is 0 Å². The summed E-state index contributed by atoms with van der Waals surface area (Å²) < 4.78 is 5.33. The Morgan fingerprint density at radius 3 is 2.67 bits per heavy atom. The molecule has 1 rings (SSSR count). The van der Waals surface area contributed by atoms with Crippen molar-refractivity contribution in [2.75, 3.05) is 6.61 Å². The van der Waals surface area contributed by atoms with Crippen LogP contribution < -0.4 is 5.73 Å². The van der Waals surface area contributed by atoms with Crippen LogP contribution in [0.5, 0.6) is 0 Å². The van der Waals surface area contributed by atoms with Gasteiger partial charge in [0.1, 0.15) is 0 Å². The fraction of sp³-hybridized carbons (Fsp3) is 0.417. The van der Waals surface area contributed by atoms with Gasteiger partial charge in [-0.2, -0.15) is 0 Å². The van der Waals surface area contributed by atoms with Crippen LogP contribution in [-0.2, 0) is 11.2 Å². The van der Waals surface area contributed by atoms with Crippen LogP contribution in [0.4, 0.5) is 0 Å².